The molecule has 1 heterocycles. The number of ether oxygens (including phenoxy) is 1. The molecule has 16 heavy (non-hydrogen) atoms. The molecule has 1 rings (SSSR count). The summed E-state index contributed by atoms with van der Waals surface area (Å²) in [6.45, 7) is 3.79. The maximum Gasteiger partial charge on any atom is 0.166 e. The Bertz CT molecular complexity index is 345. The molecule has 0 saturated heterocycles. The van der Waals surface area contributed by atoms with Gasteiger partial charge >= 0.3 is 0 Å². The Morgan fingerprint density at radius 2 is 2.31 bits per heavy atom. The van der Waals surface area contributed by atoms with Gasteiger partial charge in [-0.3, -0.25) is 0 Å². The number of thiocarbonyl (C=S) groups is 1. The van der Waals surface area contributed by atoms with Gasteiger partial charge < -0.3 is 15.4 Å². The highest BCUT2D eigenvalue weighted by molar-refractivity contribution is 7.80. The van der Waals surface area contributed by atoms with E-state index in [0.29, 0.717) is 24.8 Å². The van der Waals surface area contributed by atoms with Crippen molar-refractivity contribution in [2.24, 2.45) is 0 Å². The van der Waals surface area contributed by atoms with Gasteiger partial charge in [0.15, 0.2) is 5.11 Å². The van der Waals surface area contributed by atoms with Crippen molar-refractivity contribution in [2.45, 2.75) is 13.5 Å². The predicted molar refractivity (Wildman–Crippen MR) is 66.1 cm³/mol. The van der Waals surface area contributed by atoms with Gasteiger partial charge in [0.05, 0.1) is 18.8 Å². The zero-order valence-corrected chi connectivity index (χ0v) is 10.3. The fourth-order valence-electron chi connectivity index (χ4n) is 1.10. The number of hydrogen-bond acceptors (Lipinski definition) is 4. The van der Waals surface area contributed by atoms with E-state index in [9.17, 15) is 0 Å². The molecule has 88 valence electrons. The van der Waals surface area contributed by atoms with Gasteiger partial charge in [0, 0.05) is 19.9 Å². The van der Waals surface area contributed by atoms with Crippen molar-refractivity contribution in [2.75, 3.05) is 20.3 Å². The molecule has 0 aromatic carbocycles. The number of nitrogens with one attached hydrogen (secondary N) is 2. The third kappa shape index (κ3) is 4.99. The van der Waals surface area contributed by atoms with Gasteiger partial charge in [-0.2, -0.15) is 0 Å². The van der Waals surface area contributed by atoms with Crippen molar-refractivity contribution in [3.63, 3.8) is 0 Å². The standard InChI is InChI=1S/C10H16N4OS/c1-8-11-4-3-9(14-8)7-13-10(16)12-5-6-15-2/h3-4H,5-7H2,1-2H3,(H2,12,13,16). The predicted octanol–water partition coefficient (Wildman–Crippen LogP) is 0.396. The summed E-state index contributed by atoms with van der Waals surface area (Å²) < 4.78 is 4.90. The maximum atomic E-state index is 5.08. The molecular formula is C10H16N4OS. The SMILES string of the molecule is COCCNC(=S)NCc1ccnc(C)n1. The number of aromatic nitrogens is 2. The fraction of sp³-hybridized carbons (Fsp3) is 0.500. The van der Waals surface area contributed by atoms with Crippen LogP contribution in [0.5, 0.6) is 0 Å². The summed E-state index contributed by atoms with van der Waals surface area (Å²) in [7, 11) is 1.65. The van der Waals surface area contributed by atoms with E-state index in [4.69, 9.17) is 17.0 Å². The minimum atomic E-state index is 0.599. The van der Waals surface area contributed by atoms with Gasteiger partial charge in [-0.25, -0.2) is 9.97 Å². The molecule has 0 bridgehead atoms. The van der Waals surface area contributed by atoms with Gasteiger partial charge in [0.1, 0.15) is 5.82 Å². The molecule has 2 N–H and O–H groups in total. The Hall–Kier alpha value is -1.27. The zero-order valence-electron chi connectivity index (χ0n) is 9.49. The molecule has 0 saturated carbocycles. The highest BCUT2D eigenvalue weighted by atomic mass is 32.1. The second kappa shape index (κ2) is 7.08. The number of methoxy groups -OCH3 is 1. The van der Waals surface area contributed by atoms with E-state index in [2.05, 4.69) is 20.6 Å². The second-order valence-electron chi connectivity index (χ2n) is 3.20. The summed E-state index contributed by atoms with van der Waals surface area (Å²) in [5.74, 6) is 0.762. The van der Waals surface area contributed by atoms with Crippen LogP contribution in [0.25, 0.3) is 0 Å². The lowest BCUT2D eigenvalue weighted by Gasteiger charge is -2.09. The minimum Gasteiger partial charge on any atom is -0.383 e. The van der Waals surface area contributed by atoms with Crippen LogP contribution >= 0.6 is 12.2 Å². The van der Waals surface area contributed by atoms with Crippen LogP contribution in [0.15, 0.2) is 12.3 Å². The second-order valence-corrected chi connectivity index (χ2v) is 3.61. The Morgan fingerprint density at radius 3 is 3.00 bits per heavy atom. The summed E-state index contributed by atoms with van der Waals surface area (Å²) in [5, 5.41) is 6.68. The maximum absolute atomic E-state index is 5.08. The van der Waals surface area contributed by atoms with Crippen LogP contribution in [0.2, 0.25) is 0 Å². The van der Waals surface area contributed by atoms with E-state index in [1.807, 2.05) is 13.0 Å². The molecule has 0 unspecified atom stereocenters. The van der Waals surface area contributed by atoms with Crippen LogP contribution < -0.4 is 10.6 Å². The Morgan fingerprint density at radius 1 is 1.50 bits per heavy atom. The molecule has 1 aromatic rings. The van der Waals surface area contributed by atoms with E-state index in [1.54, 1.807) is 13.3 Å². The molecule has 1 aromatic heterocycles. The minimum absolute atomic E-state index is 0.599. The third-order valence-electron chi connectivity index (χ3n) is 1.86. The van der Waals surface area contributed by atoms with Crippen molar-refractivity contribution < 1.29 is 4.74 Å². The van der Waals surface area contributed by atoms with Crippen LogP contribution in [0.3, 0.4) is 0 Å². The molecule has 0 amide bonds. The highest BCUT2D eigenvalue weighted by Crippen LogP contribution is 1.93. The monoisotopic (exact) mass is 240 g/mol. The molecule has 0 atom stereocenters. The van der Waals surface area contributed by atoms with Crippen molar-refractivity contribution in [1.82, 2.24) is 20.6 Å². The van der Waals surface area contributed by atoms with Crippen molar-refractivity contribution in [3.8, 4) is 0 Å². The van der Waals surface area contributed by atoms with Gasteiger partial charge in [0.2, 0.25) is 0 Å². The third-order valence-corrected chi connectivity index (χ3v) is 2.14. The number of rotatable bonds is 5. The largest absolute Gasteiger partial charge is 0.383 e. The molecule has 0 fully saturated rings. The molecule has 0 radical (unpaired) electrons. The quantitative estimate of drug-likeness (QED) is 0.574. The first-order valence-electron chi connectivity index (χ1n) is 5.01. The summed E-state index contributed by atoms with van der Waals surface area (Å²) >= 11 is 5.08. The van der Waals surface area contributed by atoms with Crippen LogP contribution in [-0.2, 0) is 11.3 Å². The molecule has 6 heteroatoms. The number of hydrogen-bond donors (Lipinski definition) is 2. The summed E-state index contributed by atoms with van der Waals surface area (Å²) in [5.41, 5.74) is 0.920. The Kier molecular flexibility index (Phi) is 5.66. The Labute approximate surface area is 101 Å². The molecular weight excluding hydrogens is 224 g/mol. The van der Waals surface area contributed by atoms with Crippen molar-refractivity contribution in [3.05, 3.63) is 23.8 Å². The van der Waals surface area contributed by atoms with Crippen molar-refractivity contribution >= 4 is 17.3 Å². The van der Waals surface area contributed by atoms with Gasteiger partial charge in [-0.1, -0.05) is 0 Å². The number of aryl methyl sites for hydroxylation is 1. The molecule has 0 spiro atoms. The topological polar surface area (TPSA) is 59.1 Å². The lowest BCUT2D eigenvalue weighted by atomic mass is 10.4. The van der Waals surface area contributed by atoms with E-state index < -0.39 is 0 Å². The van der Waals surface area contributed by atoms with Crippen LogP contribution in [-0.4, -0.2) is 35.3 Å². The van der Waals surface area contributed by atoms with E-state index in [1.165, 1.54) is 0 Å². The van der Waals surface area contributed by atoms with Crippen LogP contribution in [0, 0.1) is 6.92 Å². The number of nitrogens with zero attached hydrogens (tertiary/aromatic N) is 2. The zero-order chi connectivity index (χ0) is 11.8. The fourth-order valence-corrected chi connectivity index (χ4v) is 1.28. The first kappa shape index (κ1) is 12.8. The summed E-state index contributed by atoms with van der Waals surface area (Å²) in [6.07, 6.45) is 1.74. The van der Waals surface area contributed by atoms with Gasteiger partial charge in [-0.15, -0.1) is 0 Å². The van der Waals surface area contributed by atoms with Crippen LogP contribution in [0.4, 0.5) is 0 Å². The summed E-state index contributed by atoms with van der Waals surface area (Å²) in [6, 6.07) is 1.86. The average Bonchev–Trinajstić information content (AvgIpc) is 2.27. The van der Waals surface area contributed by atoms with Gasteiger partial charge in [0.25, 0.3) is 0 Å². The average molecular weight is 240 g/mol. The molecule has 5 nitrogen and oxygen atoms in total. The van der Waals surface area contributed by atoms with Crippen molar-refractivity contribution in [1.29, 1.82) is 0 Å². The molecule has 0 aliphatic rings. The molecule has 0 aliphatic carbocycles. The first-order chi connectivity index (χ1) is 7.72. The van der Waals surface area contributed by atoms with Gasteiger partial charge in [-0.05, 0) is 25.2 Å². The lowest BCUT2D eigenvalue weighted by molar-refractivity contribution is 0.204. The van der Waals surface area contributed by atoms with E-state index in [-0.39, 0.29) is 0 Å². The smallest absolute Gasteiger partial charge is 0.166 e. The normalized spacial score (nSPS) is 9.88. The highest BCUT2D eigenvalue weighted by Gasteiger charge is 1.97. The summed E-state index contributed by atoms with van der Waals surface area (Å²) in [4.78, 5) is 8.28. The first-order valence-corrected chi connectivity index (χ1v) is 5.42. The van der Waals surface area contributed by atoms with Crippen LogP contribution in [0.1, 0.15) is 11.5 Å². The molecule has 0 aliphatic heterocycles. The van der Waals surface area contributed by atoms with E-state index >= 15 is 0 Å². The lowest BCUT2D eigenvalue weighted by Crippen LogP contribution is -2.36. The Balaban J connectivity index is 2.26. The van der Waals surface area contributed by atoms with E-state index in [0.717, 1.165) is 11.5 Å².